The van der Waals surface area contributed by atoms with E-state index in [1.807, 2.05) is 23.6 Å². The van der Waals surface area contributed by atoms with Crippen molar-refractivity contribution in [3.63, 3.8) is 0 Å². The molecule has 2 aromatic heterocycles. The van der Waals surface area contributed by atoms with E-state index in [1.165, 1.54) is 16.9 Å². The van der Waals surface area contributed by atoms with Crippen LogP contribution in [0.25, 0.3) is 10.2 Å². The molecule has 2 heterocycles. The minimum atomic E-state index is 0.206. The highest BCUT2D eigenvalue weighted by molar-refractivity contribution is 7.16. The molecule has 0 aliphatic rings. The number of thiophene rings is 1. The van der Waals surface area contributed by atoms with Crippen molar-refractivity contribution in [3.05, 3.63) is 46.6 Å². The summed E-state index contributed by atoms with van der Waals surface area (Å²) in [6.45, 7) is 2.17. The van der Waals surface area contributed by atoms with Gasteiger partial charge in [-0.1, -0.05) is 25.5 Å². The Kier molecular flexibility index (Phi) is 3.85. The molecule has 5 heteroatoms. The fourth-order valence-corrected chi connectivity index (χ4v) is 2.97. The van der Waals surface area contributed by atoms with Gasteiger partial charge in [0.25, 0.3) is 0 Å². The number of hydrogen-bond donors (Lipinski definition) is 0. The van der Waals surface area contributed by atoms with Gasteiger partial charge in [-0.15, -0.1) is 11.3 Å². The zero-order valence-corrected chi connectivity index (χ0v) is 12.5. The molecule has 3 nitrogen and oxygen atoms in total. The molecule has 3 rings (SSSR count). The van der Waals surface area contributed by atoms with Crippen LogP contribution in [-0.2, 0) is 6.42 Å². The summed E-state index contributed by atoms with van der Waals surface area (Å²) in [6, 6.07) is 10.0. The van der Waals surface area contributed by atoms with Gasteiger partial charge in [-0.05, 0) is 47.2 Å². The van der Waals surface area contributed by atoms with E-state index in [9.17, 15) is 0 Å². The number of ether oxygens (including phenoxy) is 1. The highest BCUT2D eigenvalue weighted by Gasteiger charge is 2.10. The molecule has 1 aromatic carbocycles. The van der Waals surface area contributed by atoms with Crippen LogP contribution in [0, 0.1) is 0 Å². The molecule has 0 aliphatic carbocycles. The number of aromatic nitrogens is 2. The predicted octanol–water partition coefficient (Wildman–Crippen LogP) is 5.09. The second kappa shape index (κ2) is 5.77. The minimum absolute atomic E-state index is 0.206. The standard InChI is InChI=1S/C15H13ClN2OS/c1-2-3-10-4-6-11(7-5-10)19-13-12-8-9-20-14(12)18-15(16)17-13/h4-9H,2-3H2,1H3. The van der Waals surface area contributed by atoms with Crippen molar-refractivity contribution in [2.75, 3.05) is 0 Å². The average molecular weight is 305 g/mol. The fourth-order valence-electron chi connectivity index (χ4n) is 2.01. The number of rotatable bonds is 4. The molecule has 0 saturated heterocycles. The van der Waals surface area contributed by atoms with Gasteiger partial charge in [-0.2, -0.15) is 4.98 Å². The van der Waals surface area contributed by atoms with Gasteiger partial charge in [-0.25, -0.2) is 4.98 Å². The summed E-state index contributed by atoms with van der Waals surface area (Å²) in [5, 5.41) is 3.04. The first-order valence-electron chi connectivity index (χ1n) is 6.44. The summed E-state index contributed by atoms with van der Waals surface area (Å²) >= 11 is 7.44. The van der Waals surface area contributed by atoms with E-state index in [2.05, 4.69) is 29.0 Å². The van der Waals surface area contributed by atoms with Crippen molar-refractivity contribution >= 4 is 33.2 Å². The lowest BCUT2D eigenvalue weighted by atomic mass is 10.1. The molecule has 0 spiro atoms. The lowest BCUT2D eigenvalue weighted by Gasteiger charge is -2.07. The first-order valence-corrected chi connectivity index (χ1v) is 7.69. The van der Waals surface area contributed by atoms with E-state index in [4.69, 9.17) is 16.3 Å². The Bertz CT molecular complexity index is 724. The van der Waals surface area contributed by atoms with Crippen LogP contribution in [0.2, 0.25) is 5.28 Å². The molecule has 0 radical (unpaired) electrons. The van der Waals surface area contributed by atoms with E-state index < -0.39 is 0 Å². The molecule has 0 atom stereocenters. The summed E-state index contributed by atoms with van der Waals surface area (Å²) in [5.41, 5.74) is 1.31. The maximum atomic E-state index is 5.92. The second-order valence-corrected chi connectivity index (χ2v) is 5.67. The molecule has 20 heavy (non-hydrogen) atoms. The van der Waals surface area contributed by atoms with E-state index in [0.717, 1.165) is 28.8 Å². The zero-order valence-electron chi connectivity index (χ0n) is 11.0. The van der Waals surface area contributed by atoms with Gasteiger partial charge < -0.3 is 4.74 Å². The number of fused-ring (bicyclic) bond motifs is 1. The molecule has 0 unspecified atom stereocenters. The van der Waals surface area contributed by atoms with Crippen molar-refractivity contribution in [1.29, 1.82) is 0 Å². The van der Waals surface area contributed by atoms with Gasteiger partial charge >= 0.3 is 0 Å². The maximum Gasteiger partial charge on any atom is 0.232 e. The quantitative estimate of drug-likeness (QED) is 0.630. The molecule has 0 bridgehead atoms. The molecule has 102 valence electrons. The Labute approximate surface area is 126 Å². The van der Waals surface area contributed by atoms with Crippen LogP contribution in [0.15, 0.2) is 35.7 Å². The molecule has 3 aromatic rings. The van der Waals surface area contributed by atoms with Crippen molar-refractivity contribution in [3.8, 4) is 11.6 Å². The number of aryl methyl sites for hydroxylation is 1. The first kappa shape index (κ1) is 13.3. The number of nitrogens with zero attached hydrogens (tertiary/aromatic N) is 2. The third-order valence-electron chi connectivity index (χ3n) is 2.94. The van der Waals surface area contributed by atoms with E-state index >= 15 is 0 Å². The lowest BCUT2D eigenvalue weighted by molar-refractivity contribution is 0.468. The SMILES string of the molecule is CCCc1ccc(Oc2nc(Cl)nc3sccc23)cc1. The fraction of sp³-hybridized carbons (Fsp3) is 0.200. The third kappa shape index (κ3) is 2.76. The predicted molar refractivity (Wildman–Crippen MR) is 82.9 cm³/mol. The Morgan fingerprint density at radius 1 is 1.15 bits per heavy atom. The molecule has 0 fully saturated rings. The van der Waals surface area contributed by atoms with Crippen molar-refractivity contribution in [2.24, 2.45) is 0 Å². The smallest absolute Gasteiger partial charge is 0.232 e. The lowest BCUT2D eigenvalue weighted by Crippen LogP contribution is -1.91. The van der Waals surface area contributed by atoms with Gasteiger partial charge in [0.2, 0.25) is 11.2 Å². The summed E-state index contributed by atoms with van der Waals surface area (Å²) in [4.78, 5) is 9.17. The highest BCUT2D eigenvalue weighted by Crippen LogP contribution is 2.31. The number of hydrogen-bond acceptors (Lipinski definition) is 4. The highest BCUT2D eigenvalue weighted by atomic mass is 35.5. The van der Waals surface area contributed by atoms with Gasteiger partial charge in [0.15, 0.2) is 0 Å². The van der Waals surface area contributed by atoms with Crippen LogP contribution in [0.3, 0.4) is 0 Å². The van der Waals surface area contributed by atoms with Gasteiger partial charge in [0.1, 0.15) is 10.6 Å². The average Bonchev–Trinajstić information content (AvgIpc) is 2.89. The van der Waals surface area contributed by atoms with Gasteiger partial charge in [0, 0.05) is 0 Å². The van der Waals surface area contributed by atoms with Crippen LogP contribution in [-0.4, -0.2) is 9.97 Å². The Hall–Kier alpha value is -1.65. The minimum Gasteiger partial charge on any atom is -0.438 e. The number of benzene rings is 1. The van der Waals surface area contributed by atoms with Crippen LogP contribution < -0.4 is 4.74 Å². The van der Waals surface area contributed by atoms with Crippen LogP contribution in [0.1, 0.15) is 18.9 Å². The normalized spacial score (nSPS) is 10.9. The van der Waals surface area contributed by atoms with Crippen LogP contribution in [0.4, 0.5) is 0 Å². The van der Waals surface area contributed by atoms with Crippen molar-refractivity contribution in [1.82, 2.24) is 9.97 Å². The Morgan fingerprint density at radius 3 is 2.70 bits per heavy atom. The maximum absolute atomic E-state index is 5.92. The van der Waals surface area contributed by atoms with Gasteiger partial charge in [-0.3, -0.25) is 0 Å². The van der Waals surface area contributed by atoms with Crippen molar-refractivity contribution < 1.29 is 4.74 Å². The van der Waals surface area contributed by atoms with E-state index in [-0.39, 0.29) is 5.28 Å². The molecule has 0 aliphatic heterocycles. The monoisotopic (exact) mass is 304 g/mol. The summed E-state index contributed by atoms with van der Waals surface area (Å²) in [6.07, 6.45) is 2.21. The van der Waals surface area contributed by atoms with Crippen molar-refractivity contribution in [2.45, 2.75) is 19.8 Å². The third-order valence-corrected chi connectivity index (χ3v) is 3.92. The second-order valence-electron chi connectivity index (χ2n) is 4.43. The Morgan fingerprint density at radius 2 is 1.95 bits per heavy atom. The van der Waals surface area contributed by atoms with E-state index in [0.29, 0.717) is 5.88 Å². The van der Waals surface area contributed by atoms with Gasteiger partial charge in [0.05, 0.1) is 5.39 Å². The largest absolute Gasteiger partial charge is 0.438 e. The molecular weight excluding hydrogens is 292 g/mol. The van der Waals surface area contributed by atoms with Crippen LogP contribution >= 0.6 is 22.9 Å². The molecule has 0 saturated carbocycles. The summed E-state index contributed by atoms with van der Waals surface area (Å²) in [7, 11) is 0. The zero-order chi connectivity index (χ0) is 13.9. The molecular formula is C15H13ClN2OS. The van der Waals surface area contributed by atoms with E-state index in [1.54, 1.807) is 0 Å². The molecule has 0 N–H and O–H groups in total. The van der Waals surface area contributed by atoms with Crippen LogP contribution in [0.5, 0.6) is 11.6 Å². The first-order chi connectivity index (χ1) is 9.76. The Balaban J connectivity index is 1.90. The topological polar surface area (TPSA) is 35.0 Å². The summed E-state index contributed by atoms with van der Waals surface area (Å²) in [5.74, 6) is 1.26. The molecule has 0 amide bonds. The summed E-state index contributed by atoms with van der Waals surface area (Å²) < 4.78 is 5.84. The number of halogens is 1.